The summed E-state index contributed by atoms with van der Waals surface area (Å²) < 4.78 is 1.83. The molecular formula is C15H19N3O. The molecule has 1 N–H and O–H groups in total. The fraction of sp³-hybridized carbons (Fsp3) is 0.467. The summed E-state index contributed by atoms with van der Waals surface area (Å²) in [6, 6.07) is 7.82. The molecule has 0 aliphatic heterocycles. The van der Waals surface area contributed by atoms with Crippen molar-refractivity contribution < 1.29 is 0 Å². The zero-order chi connectivity index (χ0) is 13.2. The second-order valence-electron chi connectivity index (χ2n) is 5.29. The van der Waals surface area contributed by atoms with Gasteiger partial charge in [-0.15, -0.1) is 0 Å². The van der Waals surface area contributed by atoms with E-state index in [1.165, 1.54) is 12.8 Å². The molecule has 0 radical (unpaired) electrons. The molecule has 1 aliphatic carbocycles. The predicted molar refractivity (Wildman–Crippen MR) is 76.3 cm³/mol. The smallest absolute Gasteiger partial charge is 0.272 e. The van der Waals surface area contributed by atoms with E-state index in [-0.39, 0.29) is 5.56 Å². The number of nitrogens with one attached hydrogen (secondary N) is 1. The number of para-hydroxylation sites is 2. The maximum Gasteiger partial charge on any atom is 0.272 e. The molecule has 4 nitrogen and oxygen atoms in total. The Bertz CT molecular complexity index is 643. The van der Waals surface area contributed by atoms with Crippen LogP contribution < -0.4 is 10.9 Å². The SMILES string of the molecule is Cc1nc2ccccc2n(CCNCC2CC2)c1=O. The topological polar surface area (TPSA) is 46.9 Å². The Hall–Kier alpha value is -1.68. The number of benzene rings is 1. The van der Waals surface area contributed by atoms with Gasteiger partial charge in [-0.25, -0.2) is 4.98 Å². The molecule has 1 heterocycles. The lowest BCUT2D eigenvalue weighted by Gasteiger charge is -2.11. The molecule has 0 spiro atoms. The van der Waals surface area contributed by atoms with Gasteiger partial charge in [0.2, 0.25) is 0 Å². The van der Waals surface area contributed by atoms with Crippen LogP contribution in [-0.2, 0) is 6.54 Å². The molecule has 0 unspecified atom stereocenters. The molecule has 1 aliphatic rings. The van der Waals surface area contributed by atoms with Gasteiger partial charge in [0.25, 0.3) is 5.56 Å². The number of rotatable bonds is 5. The first-order valence-electron chi connectivity index (χ1n) is 6.92. The van der Waals surface area contributed by atoms with E-state index in [0.717, 1.165) is 30.0 Å². The summed E-state index contributed by atoms with van der Waals surface area (Å²) in [5.74, 6) is 0.868. The summed E-state index contributed by atoms with van der Waals surface area (Å²) in [4.78, 5) is 16.5. The van der Waals surface area contributed by atoms with Crippen LogP contribution in [0.2, 0.25) is 0 Å². The second kappa shape index (κ2) is 5.13. The van der Waals surface area contributed by atoms with Crippen LogP contribution in [0.25, 0.3) is 11.0 Å². The van der Waals surface area contributed by atoms with Crippen molar-refractivity contribution in [3.8, 4) is 0 Å². The maximum absolute atomic E-state index is 12.2. The Balaban J connectivity index is 1.83. The number of hydrogen-bond acceptors (Lipinski definition) is 3. The van der Waals surface area contributed by atoms with Crippen LogP contribution in [0.15, 0.2) is 29.1 Å². The van der Waals surface area contributed by atoms with Gasteiger partial charge in [-0.2, -0.15) is 0 Å². The van der Waals surface area contributed by atoms with Gasteiger partial charge in [0, 0.05) is 13.1 Å². The van der Waals surface area contributed by atoms with Crippen LogP contribution in [0.1, 0.15) is 18.5 Å². The first-order valence-corrected chi connectivity index (χ1v) is 6.92. The Kier molecular flexibility index (Phi) is 3.34. The Labute approximate surface area is 112 Å². The van der Waals surface area contributed by atoms with Crippen molar-refractivity contribution in [3.05, 3.63) is 40.3 Å². The Morgan fingerprint density at radius 1 is 1.37 bits per heavy atom. The highest BCUT2D eigenvalue weighted by atomic mass is 16.1. The molecule has 19 heavy (non-hydrogen) atoms. The normalized spacial score (nSPS) is 15.0. The number of fused-ring (bicyclic) bond motifs is 1. The second-order valence-corrected chi connectivity index (χ2v) is 5.29. The summed E-state index contributed by atoms with van der Waals surface area (Å²) in [7, 11) is 0. The maximum atomic E-state index is 12.2. The number of hydrogen-bond donors (Lipinski definition) is 1. The van der Waals surface area contributed by atoms with Crippen molar-refractivity contribution in [2.24, 2.45) is 5.92 Å². The lowest BCUT2D eigenvalue weighted by molar-refractivity contribution is 0.573. The van der Waals surface area contributed by atoms with Crippen LogP contribution in [0.4, 0.5) is 0 Å². The fourth-order valence-electron chi connectivity index (χ4n) is 2.36. The highest BCUT2D eigenvalue weighted by Gasteiger charge is 2.20. The number of aromatic nitrogens is 2. The summed E-state index contributed by atoms with van der Waals surface area (Å²) >= 11 is 0. The molecule has 0 saturated heterocycles. The minimum Gasteiger partial charge on any atom is -0.315 e. The highest BCUT2D eigenvalue weighted by molar-refractivity contribution is 5.74. The first-order chi connectivity index (χ1) is 9.25. The van der Waals surface area contributed by atoms with E-state index < -0.39 is 0 Å². The molecule has 1 fully saturated rings. The van der Waals surface area contributed by atoms with Crippen LogP contribution in [0, 0.1) is 12.8 Å². The van der Waals surface area contributed by atoms with Crippen LogP contribution in [0.5, 0.6) is 0 Å². The Morgan fingerprint density at radius 3 is 2.95 bits per heavy atom. The quantitative estimate of drug-likeness (QED) is 0.829. The molecule has 0 bridgehead atoms. The predicted octanol–water partition coefficient (Wildman–Crippen LogP) is 1.70. The highest BCUT2D eigenvalue weighted by Crippen LogP contribution is 2.27. The lowest BCUT2D eigenvalue weighted by atomic mass is 10.2. The van der Waals surface area contributed by atoms with Crippen molar-refractivity contribution >= 4 is 11.0 Å². The molecule has 1 saturated carbocycles. The number of nitrogens with zero attached hydrogens (tertiary/aromatic N) is 2. The molecule has 3 rings (SSSR count). The molecule has 2 aromatic rings. The molecule has 4 heteroatoms. The third kappa shape index (κ3) is 2.68. The fourth-order valence-corrected chi connectivity index (χ4v) is 2.36. The van der Waals surface area contributed by atoms with E-state index in [4.69, 9.17) is 0 Å². The van der Waals surface area contributed by atoms with Gasteiger partial charge >= 0.3 is 0 Å². The summed E-state index contributed by atoms with van der Waals surface area (Å²) in [6.07, 6.45) is 2.70. The molecular weight excluding hydrogens is 238 g/mol. The zero-order valence-corrected chi connectivity index (χ0v) is 11.2. The van der Waals surface area contributed by atoms with Gasteiger partial charge in [0.15, 0.2) is 0 Å². The van der Waals surface area contributed by atoms with Crippen molar-refractivity contribution in [1.82, 2.24) is 14.9 Å². The summed E-state index contributed by atoms with van der Waals surface area (Å²) in [5, 5.41) is 3.43. The van der Waals surface area contributed by atoms with Crippen molar-refractivity contribution in [2.75, 3.05) is 13.1 Å². The van der Waals surface area contributed by atoms with Gasteiger partial charge in [-0.05, 0) is 44.4 Å². The van der Waals surface area contributed by atoms with Crippen molar-refractivity contribution in [2.45, 2.75) is 26.3 Å². The zero-order valence-electron chi connectivity index (χ0n) is 11.2. The molecule has 0 atom stereocenters. The van der Waals surface area contributed by atoms with Crippen molar-refractivity contribution in [1.29, 1.82) is 0 Å². The average Bonchev–Trinajstić information content (AvgIpc) is 3.22. The van der Waals surface area contributed by atoms with Gasteiger partial charge in [-0.1, -0.05) is 12.1 Å². The van der Waals surface area contributed by atoms with Gasteiger partial charge < -0.3 is 9.88 Å². The Morgan fingerprint density at radius 2 is 2.16 bits per heavy atom. The first kappa shape index (κ1) is 12.4. The van der Waals surface area contributed by atoms with E-state index in [1.54, 1.807) is 6.92 Å². The van der Waals surface area contributed by atoms with Crippen LogP contribution in [-0.4, -0.2) is 22.6 Å². The average molecular weight is 257 g/mol. The molecule has 100 valence electrons. The molecule has 1 aromatic carbocycles. The standard InChI is InChI=1S/C15H19N3O/c1-11-15(19)18(9-8-16-10-12-6-7-12)14-5-3-2-4-13(14)17-11/h2-5,12,16H,6-10H2,1H3. The minimum absolute atomic E-state index is 0.0203. The lowest BCUT2D eigenvalue weighted by Crippen LogP contribution is -2.30. The largest absolute Gasteiger partial charge is 0.315 e. The molecule has 0 amide bonds. The van der Waals surface area contributed by atoms with Crippen LogP contribution >= 0.6 is 0 Å². The van der Waals surface area contributed by atoms with Gasteiger partial charge in [0.1, 0.15) is 5.69 Å². The van der Waals surface area contributed by atoms with E-state index in [2.05, 4.69) is 10.3 Å². The van der Waals surface area contributed by atoms with E-state index in [9.17, 15) is 4.79 Å². The third-order valence-corrected chi connectivity index (χ3v) is 3.66. The summed E-state index contributed by atoms with van der Waals surface area (Å²) in [5.41, 5.74) is 2.40. The summed E-state index contributed by atoms with van der Waals surface area (Å²) in [6.45, 7) is 4.40. The molecule has 1 aromatic heterocycles. The van der Waals surface area contributed by atoms with E-state index in [1.807, 2.05) is 28.8 Å². The van der Waals surface area contributed by atoms with E-state index >= 15 is 0 Å². The number of aryl methyl sites for hydroxylation is 1. The third-order valence-electron chi connectivity index (χ3n) is 3.66. The van der Waals surface area contributed by atoms with Gasteiger partial charge in [-0.3, -0.25) is 4.79 Å². The van der Waals surface area contributed by atoms with Crippen LogP contribution in [0.3, 0.4) is 0 Å². The monoisotopic (exact) mass is 257 g/mol. The van der Waals surface area contributed by atoms with Crippen molar-refractivity contribution in [3.63, 3.8) is 0 Å². The van der Waals surface area contributed by atoms with Gasteiger partial charge in [0.05, 0.1) is 11.0 Å². The van der Waals surface area contributed by atoms with E-state index in [0.29, 0.717) is 12.2 Å². The minimum atomic E-state index is 0.0203.